The second-order valence-electron chi connectivity index (χ2n) is 7.42. The number of hydrogen-bond donors (Lipinski definition) is 2. The number of nitrogens with zero attached hydrogens (tertiary/aromatic N) is 3. The fourth-order valence-electron chi connectivity index (χ4n) is 3.54. The first-order valence-electron chi connectivity index (χ1n) is 10.1. The van der Waals surface area contributed by atoms with Gasteiger partial charge in [0.15, 0.2) is 0 Å². The summed E-state index contributed by atoms with van der Waals surface area (Å²) in [6, 6.07) is 16.5. The average Bonchev–Trinajstić information content (AvgIpc) is 2.76. The maximum Gasteiger partial charge on any atom is 0.227 e. The van der Waals surface area contributed by atoms with E-state index < -0.39 is 0 Å². The molecule has 0 spiro atoms. The first-order chi connectivity index (χ1) is 14.7. The average molecular weight is 402 g/mol. The smallest absolute Gasteiger partial charge is 0.227 e. The standard InChI is InChI=1S/C24H27N5O/c1-29-13-4-3-11-25-16-20-15-19(8-9-23(20)30-2)22-10-12-26-24(28-22)27-21-7-5-6-18(14-21)17-29/h3-10,12,14-15,25H,11,13,16-17H2,1-2H3,(H,26,27,28)/b4-3+. The van der Waals surface area contributed by atoms with Crippen LogP contribution in [-0.2, 0) is 13.1 Å². The van der Waals surface area contributed by atoms with Crippen molar-refractivity contribution in [3.05, 3.63) is 78.0 Å². The largest absolute Gasteiger partial charge is 0.496 e. The highest BCUT2D eigenvalue weighted by atomic mass is 16.5. The van der Waals surface area contributed by atoms with Crippen molar-refractivity contribution in [2.24, 2.45) is 0 Å². The zero-order chi connectivity index (χ0) is 20.8. The molecule has 4 rings (SSSR count). The molecule has 0 aliphatic carbocycles. The van der Waals surface area contributed by atoms with Crippen molar-refractivity contribution in [1.29, 1.82) is 0 Å². The van der Waals surface area contributed by atoms with E-state index in [9.17, 15) is 0 Å². The van der Waals surface area contributed by atoms with E-state index in [-0.39, 0.29) is 0 Å². The summed E-state index contributed by atoms with van der Waals surface area (Å²) in [6.45, 7) is 3.29. The normalized spacial score (nSPS) is 16.1. The molecule has 0 unspecified atom stereocenters. The first-order valence-corrected chi connectivity index (χ1v) is 10.1. The number of benzene rings is 2. The van der Waals surface area contributed by atoms with Gasteiger partial charge in [0.25, 0.3) is 0 Å². The molecular formula is C24H27N5O. The molecule has 0 atom stereocenters. The molecule has 0 amide bonds. The van der Waals surface area contributed by atoms with Gasteiger partial charge < -0.3 is 15.4 Å². The van der Waals surface area contributed by atoms with Crippen molar-refractivity contribution in [3.8, 4) is 17.0 Å². The highest BCUT2D eigenvalue weighted by Gasteiger charge is 2.09. The van der Waals surface area contributed by atoms with Gasteiger partial charge in [-0.25, -0.2) is 9.97 Å². The summed E-state index contributed by atoms with van der Waals surface area (Å²) < 4.78 is 5.55. The number of likely N-dealkylation sites (N-methyl/N-ethyl adjacent to an activating group) is 1. The van der Waals surface area contributed by atoms with Gasteiger partial charge in [-0.1, -0.05) is 24.3 Å². The van der Waals surface area contributed by atoms with Gasteiger partial charge in [-0.2, -0.15) is 0 Å². The molecule has 6 bridgehead atoms. The summed E-state index contributed by atoms with van der Waals surface area (Å²) in [7, 11) is 3.83. The fourth-order valence-corrected chi connectivity index (χ4v) is 3.54. The summed E-state index contributed by atoms with van der Waals surface area (Å²) in [5.74, 6) is 1.45. The highest BCUT2D eigenvalue weighted by Crippen LogP contribution is 2.26. The molecule has 6 heteroatoms. The molecular weight excluding hydrogens is 374 g/mol. The Kier molecular flexibility index (Phi) is 6.37. The molecule has 6 nitrogen and oxygen atoms in total. The molecule has 3 aromatic rings. The Morgan fingerprint density at radius 3 is 2.90 bits per heavy atom. The van der Waals surface area contributed by atoms with E-state index in [0.29, 0.717) is 5.95 Å². The second kappa shape index (κ2) is 9.52. The maximum atomic E-state index is 5.55. The van der Waals surface area contributed by atoms with Crippen molar-refractivity contribution in [3.63, 3.8) is 0 Å². The highest BCUT2D eigenvalue weighted by molar-refractivity contribution is 5.64. The van der Waals surface area contributed by atoms with Crippen LogP contribution in [0, 0.1) is 0 Å². The monoisotopic (exact) mass is 401 g/mol. The molecule has 0 fully saturated rings. The van der Waals surface area contributed by atoms with E-state index in [1.165, 1.54) is 5.56 Å². The van der Waals surface area contributed by atoms with Gasteiger partial charge in [0.1, 0.15) is 5.75 Å². The van der Waals surface area contributed by atoms with E-state index in [1.807, 2.05) is 24.3 Å². The van der Waals surface area contributed by atoms with Crippen molar-refractivity contribution in [2.75, 3.05) is 32.6 Å². The number of methoxy groups -OCH3 is 1. The van der Waals surface area contributed by atoms with Crippen molar-refractivity contribution in [2.45, 2.75) is 13.1 Å². The number of fused-ring (bicyclic) bond motifs is 7. The number of anilines is 2. The topological polar surface area (TPSA) is 62.3 Å². The summed E-state index contributed by atoms with van der Waals surface area (Å²) >= 11 is 0. The van der Waals surface area contributed by atoms with Crippen molar-refractivity contribution >= 4 is 11.6 Å². The molecule has 30 heavy (non-hydrogen) atoms. The zero-order valence-corrected chi connectivity index (χ0v) is 17.4. The molecule has 0 saturated carbocycles. The van der Waals surface area contributed by atoms with Gasteiger partial charge in [-0.05, 0) is 49.0 Å². The second-order valence-corrected chi connectivity index (χ2v) is 7.42. The minimum Gasteiger partial charge on any atom is -0.496 e. The molecule has 2 N–H and O–H groups in total. The SMILES string of the molecule is COc1ccc2cc1CNC/C=C/CN(C)Cc1cccc(c1)Nc1nccc-2n1. The van der Waals surface area contributed by atoms with Crippen molar-refractivity contribution in [1.82, 2.24) is 20.2 Å². The van der Waals surface area contributed by atoms with Gasteiger partial charge in [0, 0.05) is 49.2 Å². The van der Waals surface area contributed by atoms with Crippen LogP contribution in [0.25, 0.3) is 11.3 Å². The van der Waals surface area contributed by atoms with Gasteiger partial charge in [0.2, 0.25) is 5.95 Å². The van der Waals surface area contributed by atoms with Gasteiger partial charge in [0.05, 0.1) is 12.8 Å². The molecule has 2 heterocycles. The Balaban J connectivity index is 1.70. The third-order valence-electron chi connectivity index (χ3n) is 5.03. The Morgan fingerprint density at radius 2 is 2.00 bits per heavy atom. The van der Waals surface area contributed by atoms with Crippen LogP contribution in [0.1, 0.15) is 11.1 Å². The lowest BCUT2D eigenvalue weighted by Gasteiger charge is -2.16. The number of rotatable bonds is 1. The zero-order valence-electron chi connectivity index (χ0n) is 17.4. The first kappa shape index (κ1) is 20.1. The lowest BCUT2D eigenvalue weighted by molar-refractivity contribution is 0.363. The number of nitrogens with one attached hydrogen (secondary N) is 2. The van der Waals surface area contributed by atoms with E-state index in [0.717, 1.165) is 54.4 Å². The Labute approximate surface area is 177 Å². The fraction of sp³-hybridized carbons (Fsp3) is 0.250. The third-order valence-corrected chi connectivity index (χ3v) is 5.03. The van der Waals surface area contributed by atoms with E-state index in [1.54, 1.807) is 13.3 Å². The molecule has 0 radical (unpaired) electrons. The molecule has 0 saturated heterocycles. The van der Waals surface area contributed by atoms with Crippen LogP contribution in [-0.4, -0.2) is 42.1 Å². The predicted molar refractivity (Wildman–Crippen MR) is 121 cm³/mol. The van der Waals surface area contributed by atoms with E-state index in [2.05, 4.69) is 64.0 Å². The lowest BCUT2D eigenvalue weighted by Crippen LogP contribution is -2.18. The number of aromatic nitrogens is 2. The minimum absolute atomic E-state index is 0.581. The Morgan fingerprint density at radius 1 is 1.07 bits per heavy atom. The molecule has 2 aromatic carbocycles. The van der Waals surface area contributed by atoms with Crippen LogP contribution in [0.3, 0.4) is 0 Å². The summed E-state index contributed by atoms with van der Waals surface area (Å²) in [5, 5.41) is 6.81. The van der Waals surface area contributed by atoms with Crippen LogP contribution in [0.4, 0.5) is 11.6 Å². The Bertz CT molecular complexity index is 1030. The third kappa shape index (κ3) is 5.03. The summed E-state index contributed by atoms with van der Waals surface area (Å²) in [4.78, 5) is 11.4. The predicted octanol–water partition coefficient (Wildman–Crippen LogP) is 3.99. The maximum absolute atomic E-state index is 5.55. The Hall–Kier alpha value is -3.22. The van der Waals surface area contributed by atoms with Crippen LogP contribution in [0.15, 0.2) is 66.9 Å². The number of hydrogen-bond acceptors (Lipinski definition) is 6. The van der Waals surface area contributed by atoms with Crippen LogP contribution in [0.2, 0.25) is 0 Å². The van der Waals surface area contributed by atoms with E-state index in [4.69, 9.17) is 9.72 Å². The minimum atomic E-state index is 0.581. The quantitative estimate of drug-likeness (QED) is 0.602. The molecule has 1 aliphatic rings. The van der Waals surface area contributed by atoms with Gasteiger partial charge >= 0.3 is 0 Å². The number of ether oxygens (including phenoxy) is 1. The summed E-state index contributed by atoms with van der Waals surface area (Å²) in [5.41, 5.74) is 5.22. The van der Waals surface area contributed by atoms with Crippen LogP contribution in [0.5, 0.6) is 5.75 Å². The van der Waals surface area contributed by atoms with Crippen LogP contribution >= 0.6 is 0 Å². The van der Waals surface area contributed by atoms with Crippen molar-refractivity contribution < 1.29 is 4.74 Å². The van der Waals surface area contributed by atoms with Gasteiger partial charge in [-0.3, -0.25) is 4.90 Å². The van der Waals surface area contributed by atoms with E-state index >= 15 is 0 Å². The van der Waals surface area contributed by atoms with Gasteiger partial charge in [-0.15, -0.1) is 0 Å². The molecule has 1 aromatic heterocycles. The summed E-state index contributed by atoms with van der Waals surface area (Å²) in [6.07, 6.45) is 6.16. The van der Waals surface area contributed by atoms with Crippen LogP contribution < -0.4 is 15.4 Å². The molecule has 1 aliphatic heterocycles. The molecule has 154 valence electrons. The lowest BCUT2D eigenvalue weighted by atomic mass is 10.1.